The highest BCUT2D eigenvalue weighted by Gasteiger charge is 2.31. The first-order chi connectivity index (χ1) is 13.1. The zero-order chi connectivity index (χ0) is 19.4. The maximum absolute atomic E-state index is 13.0. The number of anilines is 1. The Labute approximate surface area is 165 Å². The lowest BCUT2D eigenvalue weighted by Gasteiger charge is -2.11. The molecule has 0 aliphatic carbocycles. The zero-order valence-corrected chi connectivity index (χ0v) is 16.1. The summed E-state index contributed by atoms with van der Waals surface area (Å²) in [6.45, 7) is 4.42. The van der Waals surface area contributed by atoms with Crippen molar-refractivity contribution in [2.75, 3.05) is 25.0 Å². The number of aliphatic hydroxyl groups excluding tert-OH is 1. The van der Waals surface area contributed by atoms with Crippen molar-refractivity contribution in [3.63, 3.8) is 0 Å². The van der Waals surface area contributed by atoms with Crippen molar-refractivity contribution >= 4 is 51.7 Å². The number of thiocarbonyl (C=S) groups is 1. The Bertz CT molecular complexity index is 1000. The molecule has 3 heterocycles. The Morgan fingerprint density at radius 2 is 2.19 bits per heavy atom. The fourth-order valence-corrected chi connectivity index (χ4v) is 3.83. The number of thioether (sulfide) groups is 1. The van der Waals surface area contributed by atoms with Gasteiger partial charge in [-0.05, 0) is 24.6 Å². The van der Waals surface area contributed by atoms with E-state index in [0.29, 0.717) is 40.2 Å². The maximum atomic E-state index is 13.0. The van der Waals surface area contributed by atoms with Crippen molar-refractivity contribution in [3.05, 3.63) is 57.9 Å². The van der Waals surface area contributed by atoms with Crippen molar-refractivity contribution in [3.8, 4) is 0 Å². The van der Waals surface area contributed by atoms with Crippen molar-refractivity contribution in [1.82, 2.24) is 14.3 Å². The summed E-state index contributed by atoms with van der Waals surface area (Å²) in [5.41, 5.74) is 0.474. The van der Waals surface area contributed by atoms with Crippen LogP contribution in [0.15, 0.2) is 46.8 Å². The molecule has 0 aromatic carbocycles. The maximum Gasteiger partial charge on any atom is 0.267 e. The van der Waals surface area contributed by atoms with Gasteiger partial charge in [-0.2, -0.15) is 0 Å². The van der Waals surface area contributed by atoms with Gasteiger partial charge in [0.05, 0.1) is 10.5 Å². The molecule has 1 aliphatic rings. The first kappa shape index (κ1) is 19.3. The van der Waals surface area contributed by atoms with Gasteiger partial charge in [0.2, 0.25) is 0 Å². The van der Waals surface area contributed by atoms with Gasteiger partial charge in [-0.3, -0.25) is 18.9 Å². The number of pyridine rings is 1. The summed E-state index contributed by atoms with van der Waals surface area (Å²) >= 11 is 6.39. The Kier molecular flexibility index (Phi) is 6.04. The van der Waals surface area contributed by atoms with E-state index in [2.05, 4.69) is 16.9 Å². The lowest BCUT2D eigenvalue weighted by Crippen LogP contribution is -2.28. The van der Waals surface area contributed by atoms with Gasteiger partial charge in [0.15, 0.2) is 0 Å². The van der Waals surface area contributed by atoms with E-state index in [1.807, 2.05) is 0 Å². The number of aromatic nitrogens is 2. The van der Waals surface area contributed by atoms with Crippen LogP contribution in [-0.2, 0) is 4.79 Å². The van der Waals surface area contributed by atoms with Crippen molar-refractivity contribution in [2.45, 2.75) is 6.42 Å². The summed E-state index contributed by atoms with van der Waals surface area (Å²) < 4.78 is 1.85. The van der Waals surface area contributed by atoms with E-state index >= 15 is 0 Å². The third-order valence-electron chi connectivity index (χ3n) is 3.86. The second kappa shape index (κ2) is 8.47. The first-order valence-electron chi connectivity index (χ1n) is 8.29. The lowest BCUT2D eigenvalue weighted by atomic mass is 10.2. The largest absolute Gasteiger partial charge is 0.396 e. The second-order valence-corrected chi connectivity index (χ2v) is 7.37. The molecule has 1 amide bonds. The topological polar surface area (TPSA) is 86.9 Å². The van der Waals surface area contributed by atoms with E-state index in [1.165, 1.54) is 15.4 Å². The van der Waals surface area contributed by atoms with Crippen LogP contribution in [-0.4, -0.2) is 49.3 Å². The molecule has 7 nitrogen and oxygen atoms in total. The van der Waals surface area contributed by atoms with Crippen molar-refractivity contribution < 1.29 is 9.90 Å². The third-order valence-corrected chi connectivity index (χ3v) is 5.23. The van der Waals surface area contributed by atoms with E-state index in [0.717, 1.165) is 11.8 Å². The Morgan fingerprint density at radius 1 is 1.37 bits per heavy atom. The molecule has 0 radical (unpaired) electrons. The quantitative estimate of drug-likeness (QED) is 0.316. The van der Waals surface area contributed by atoms with Crippen LogP contribution in [0, 0.1) is 0 Å². The highest BCUT2D eigenvalue weighted by Crippen LogP contribution is 2.32. The molecular weight excluding hydrogens is 384 g/mol. The molecule has 0 atom stereocenters. The molecule has 140 valence electrons. The van der Waals surface area contributed by atoms with Gasteiger partial charge in [-0.15, -0.1) is 6.58 Å². The number of carbonyl (C=O) groups is 1. The molecule has 0 spiro atoms. The normalized spacial score (nSPS) is 15.7. The Morgan fingerprint density at radius 3 is 2.93 bits per heavy atom. The molecule has 2 aromatic heterocycles. The van der Waals surface area contributed by atoms with Gasteiger partial charge in [-0.25, -0.2) is 4.98 Å². The fourth-order valence-electron chi connectivity index (χ4n) is 2.57. The van der Waals surface area contributed by atoms with Gasteiger partial charge < -0.3 is 10.4 Å². The van der Waals surface area contributed by atoms with Crippen molar-refractivity contribution in [1.29, 1.82) is 0 Å². The average Bonchev–Trinajstić information content (AvgIpc) is 2.93. The van der Waals surface area contributed by atoms with Crippen LogP contribution >= 0.6 is 24.0 Å². The van der Waals surface area contributed by atoms with E-state index < -0.39 is 0 Å². The smallest absolute Gasteiger partial charge is 0.267 e. The summed E-state index contributed by atoms with van der Waals surface area (Å²) in [4.78, 5) is 31.8. The fraction of sp³-hybridized carbons (Fsp3) is 0.222. The third kappa shape index (κ3) is 3.95. The highest BCUT2D eigenvalue weighted by molar-refractivity contribution is 8.26. The minimum absolute atomic E-state index is 0.0229. The van der Waals surface area contributed by atoms with Gasteiger partial charge in [0.1, 0.15) is 15.8 Å². The minimum atomic E-state index is -0.291. The van der Waals surface area contributed by atoms with E-state index in [-0.39, 0.29) is 23.6 Å². The number of aliphatic hydroxyl groups is 1. The Balaban J connectivity index is 2.09. The zero-order valence-electron chi connectivity index (χ0n) is 14.4. The number of nitrogens with one attached hydrogen (secondary N) is 1. The first-order valence-corrected chi connectivity index (χ1v) is 9.51. The molecular formula is C18H18N4O3S2. The molecule has 3 rings (SSSR count). The summed E-state index contributed by atoms with van der Waals surface area (Å²) in [6, 6.07) is 5.26. The van der Waals surface area contributed by atoms with E-state index in [9.17, 15) is 9.59 Å². The molecule has 2 N–H and O–H groups in total. The van der Waals surface area contributed by atoms with Crippen LogP contribution in [0.25, 0.3) is 11.7 Å². The molecule has 1 fully saturated rings. The van der Waals surface area contributed by atoms with E-state index in [4.69, 9.17) is 17.3 Å². The number of hydrogen-bond donors (Lipinski definition) is 2. The van der Waals surface area contributed by atoms with Gasteiger partial charge in [0, 0.05) is 25.9 Å². The molecule has 1 aliphatic heterocycles. The molecule has 27 heavy (non-hydrogen) atoms. The summed E-state index contributed by atoms with van der Waals surface area (Å²) in [5.74, 6) is 0.109. The molecule has 9 heteroatoms. The van der Waals surface area contributed by atoms with Crippen LogP contribution in [0.5, 0.6) is 0 Å². The standard InChI is InChI=1S/C18H18N4O3S2/c1-2-8-22-17(25)13(27-18(22)26)11-12-15(19-7-5-10-23)20-14-6-3-4-9-21(14)16(12)24/h2-4,6,9,11,19,23H,1,5,7-8,10H2. The van der Waals surface area contributed by atoms with Crippen molar-refractivity contribution in [2.24, 2.45) is 0 Å². The predicted octanol–water partition coefficient (Wildman–Crippen LogP) is 1.88. The van der Waals surface area contributed by atoms with Crippen LogP contribution in [0.4, 0.5) is 5.82 Å². The second-order valence-electron chi connectivity index (χ2n) is 5.69. The molecule has 0 bridgehead atoms. The lowest BCUT2D eigenvalue weighted by molar-refractivity contribution is -0.121. The number of rotatable bonds is 7. The summed E-state index contributed by atoms with van der Waals surface area (Å²) in [7, 11) is 0. The molecule has 0 unspecified atom stereocenters. The highest BCUT2D eigenvalue weighted by atomic mass is 32.2. The van der Waals surface area contributed by atoms with Gasteiger partial charge >= 0.3 is 0 Å². The molecule has 0 saturated carbocycles. The van der Waals surface area contributed by atoms with Crippen LogP contribution < -0.4 is 10.9 Å². The number of hydrogen-bond acceptors (Lipinski definition) is 7. The SMILES string of the molecule is C=CCN1C(=O)C(=Cc2c(NCCCO)nc3ccccn3c2=O)SC1=S. The number of carbonyl (C=O) groups excluding carboxylic acids is 1. The molecule has 2 aromatic rings. The van der Waals surface area contributed by atoms with Crippen LogP contribution in [0.1, 0.15) is 12.0 Å². The number of fused-ring (bicyclic) bond motifs is 1. The van der Waals surface area contributed by atoms with Crippen LogP contribution in [0.3, 0.4) is 0 Å². The molecule has 1 saturated heterocycles. The summed E-state index contributed by atoms with van der Waals surface area (Å²) in [5, 5.41) is 12.1. The monoisotopic (exact) mass is 402 g/mol. The van der Waals surface area contributed by atoms with Gasteiger partial charge in [-0.1, -0.05) is 36.1 Å². The minimum Gasteiger partial charge on any atom is -0.396 e. The Hall–Kier alpha value is -2.49. The number of amides is 1. The predicted molar refractivity (Wildman–Crippen MR) is 112 cm³/mol. The summed E-state index contributed by atoms with van der Waals surface area (Å²) in [6.07, 6.45) is 5.26. The van der Waals surface area contributed by atoms with Crippen LogP contribution in [0.2, 0.25) is 0 Å². The number of nitrogens with zero attached hydrogens (tertiary/aromatic N) is 3. The van der Waals surface area contributed by atoms with Gasteiger partial charge in [0.25, 0.3) is 11.5 Å². The average molecular weight is 403 g/mol. The van der Waals surface area contributed by atoms with E-state index in [1.54, 1.807) is 30.5 Å².